The lowest BCUT2D eigenvalue weighted by Gasteiger charge is -2.32. The number of benzene rings is 1. The third kappa shape index (κ3) is 4.55. The molecule has 1 saturated heterocycles. The van der Waals surface area contributed by atoms with Crippen molar-refractivity contribution in [2.75, 3.05) is 19.7 Å². The maximum atomic E-state index is 12.3. The van der Waals surface area contributed by atoms with Gasteiger partial charge in [-0.05, 0) is 11.5 Å². The number of amides is 1. The Morgan fingerprint density at radius 3 is 2.82 bits per heavy atom. The van der Waals surface area contributed by atoms with Crippen LogP contribution in [0.15, 0.2) is 30.3 Å². The van der Waals surface area contributed by atoms with E-state index in [2.05, 4.69) is 28.4 Å². The molecule has 118 valence electrons. The fourth-order valence-corrected chi connectivity index (χ4v) is 2.44. The average Bonchev–Trinajstić information content (AvgIpc) is 2.53. The molecule has 2 rings (SSSR count). The van der Waals surface area contributed by atoms with Gasteiger partial charge in [0.25, 0.3) is 5.91 Å². The molecule has 0 spiro atoms. The molecule has 0 radical (unpaired) electrons. The van der Waals surface area contributed by atoms with Crippen molar-refractivity contribution in [2.45, 2.75) is 32.5 Å². The highest BCUT2D eigenvalue weighted by molar-refractivity contribution is 5.81. The van der Waals surface area contributed by atoms with E-state index in [1.54, 1.807) is 0 Å². The Hall–Kier alpha value is -1.90. The van der Waals surface area contributed by atoms with Crippen LogP contribution in [0.1, 0.15) is 19.4 Å². The Morgan fingerprint density at radius 1 is 1.45 bits per heavy atom. The van der Waals surface area contributed by atoms with Gasteiger partial charge >= 0.3 is 0 Å². The summed E-state index contributed by atoms with van der Waals surface area (Å²) in [6.07, 6.45) is -0.507. The van der Waals surface area contributed by atoms with Crippen LogP contribution in [-0.2, 0) is 16.1 Å². The third-order valence-corrected chi connectivity index (χ3v) is 3.80. The zero-order valence-corrected chi connectivity index (χ0v) is 13.2. The number of hydrogen-bond donors (Lipinski definition) is 1. The summed E-state index contributed by atoms with van der Waals surface area (Å²) in [5, 5.41) is 11.8. The second kappa shape index (κ2) is 7.92. The van der Waals surface area contributed by atoms with E-state index in [0.29, 0.717) is 13.2 Å². The van der Waals surface area contributed by atoms with Gasteiger partial charge in [-0.3, -0.25) is 9.69 Å². The molecule has 1 N–H and O–H groups in total. The Kier molecular flexibility index (Phi) is 5.93. The van der Waals surface area contributed by atoms with Crippen molar-refractivity contribution < 1.29 is 9.53 Å². The Balaban J connectivity index is 1.90. The number of hydrogen-bond acceptors (Lipinski definition) is 4. The first-order valence-corrected chi connectivity index (χ1v) is 7.68. The average molecular weight is 301 g/mol. The number of ether oxygens (including phenoxy) is 1. The van der Waals surface area contributed by atoms with Gasteiger partial charge in [0.15, 0.2) is 0 Å². The molecule has 2 atom stereocenters. The Bertz CT molecular complexity index is 524. The third-order valence-electron chi connectivity index (χ3n) is 3.80. The monoisotopic (exact) mass is 301 g/mol. The second-order valence-corrected chi connectivity index (χ2v) is 5.94. The van der Waals surface area contributed by atoms with Crippen LogP contribution in [0.5, 0.6) is 0 Å². The topological polar surface area (TPSA) is 65.4 Å². The summed E-state index contributed by atoms with van der Waals surface area (Å²) in [5.74, 6) is -0.115. The van der Waals surface area contributed by atoms with Crippen molar-refractivity contribution in [3.05, 3.63) is 35.9 Å². The van der Waals surface area contributed by atoms with E-state index in [4.69, 9.17) is 10.00 Å². The van der Waals surface area contributed by atoms with Gasteiger partial charge in [0.2, 0.25) is 0 Å². The molecule has 0 aromatic heterocycles. The smallest absolute Gasteiger partial charge is 0.251 e. The molecule has 1 amide bonds. The lowest BCUT2D eigenvalue weighted by Crippen LogP contribution is -2.52. The standard InChI is InChI=1S/C17H23N3O2/c1-13(2)15(10-18)19-17(21)16-12-20(8-9-22-16)11-14-6-4-3-5-7-14/h3-7,13,15-16H,8-9,11-12H2,1-2H3,(H,19,21)/t15-,16+/m0/s1. The summed E-state index contributed by atoms with van der Waals surface area (Å²) in [5.41, 5.74) is 1.22. The van der Waals surface area contributed by atoms with E-state index in [0.717, 1.165) is 13.1 Å². The van der Waals surface area contributed by atoms with Crippen molar-refractivity contribution in [3.63, 3.8) is 0 Å². The summed E-state index contributed by atoms with van der Waals surface area (Å²) in [6.45, 7) is 6.53. The molecule has 1 aromatic rings. The molecular weight excluding hydrogens is 278 g/mol. The van der Waals surface area contributed by atoms with Gasteiger partial charge < -0.3 is 10.1 Å². The summed E-state index contributed by atoms with van der Waals surface area (Å²) < 4.78 is 5.57. The number of nitrogens with one attached hydrogen (secondary N) is 1. The molecular formula is C17H23N3O2. The van der Waals surface area contributed by atoms with Crippen LogP contribution in [0.3, 0.4) is 0 Å². The van der Waals surface area contributed by atoms with Gasteiger partial charge in [0.05, 0.1) is 12.7 Å². The van der Waals surface area contributed by atoms with E-state index in [9.17, 15) is 4.79 Å². The zero-order chi connectivity index (χ0) is 15.9. The molecule has 1 heterocycles. The maximum Gasteiger partial charge on any atom is 0.251 e. The number of carbonyl (C=O) groups excluding carboxylic acids is 1. The minimum absolute atomic E-state index is 0.0814. The van der Waals surface area contributed by atoms with Crippen LogP contribution in [0, 0.1) is 17.2 Å². The molecule has 1 aromatic carbocycles. The Labute approximate surface area is 131 Å². The molecule has 22 heavy (non-hydrogen) atoms. The minimum atomic E-state index is -0.507. The van der Waals surface area contributed by atoms with E-state index in [1.807, 2.05) is 32.0 Å². The number of rotatable bonds is 5. The first-order chi connectivity index (χ1) is 10.6. The van der Waals surface area contributed by atoms with E-state index >= 15 is 0 Å². The highest BCUT2D eigenvalue weighted by atomic mass is 16.5. The molecule has 0 unspecified atom stereocenters. The highest BCUT2D eigenvalue weighted by Crippen LogP contribution is 2.11. The summed E-state index contributed by atoms with van der Waals surface area (Å²) >= 11 is 0. The quantitative estimate of drug-likeness (QED) is 0.896. The van der Waals surface area contributed by atoms with Crippen molar-refractivity contribution in [3.8, 4) is 6.07 Å². The molecule has 0 bridgehead atoms. The number of nitrogens with zero attached hydrogens (tertiary/aromatic N) is 2. The first kappa shape index (κ1) is 16.5. The van der Waals surface area contributed by atoms with Crippen molar-refractivity contribution >= 4 is 5.91 Å². The molecule has 5 nitrogen and oxygen atoms in total. The summed E-state index contributed by atoms with van der Waals surface area (Å²) in [7, 11) is 0. The van der Waals surface area contributed by atoms with Crippen molar-refractivity contribution in [1.29, 1.82) is 5.26 Å². The molecule has 1 fully saturated rings. The maximum absolute atomic E-state index is 12.3. The lowest BCUT2D eigenvalue weighted by atomic mass is 10.1. The largest absolute Gasteiger partial charge is 0.366 e. The molecule has 1 aliphatic heterocycles. The van der Waals surface area contributed by atoms with Gasteiger partial charge in [-0.2, -0.15) is 5.26 Å². The molecule has 0 saturated carbocycles. The van der Waals surface area contributed by atoms with Crippen LogP contribution < -0.4 is 5.32 Å². The molecule has 0 aliphatic carbocycles. The number of morpholine rings is 1. The highest BCUT2D eigenvalue weighted by Gasteiger charge is 2.28. The number of carbonyl (C=O) groups is 1. The zero-order valence-electron chi connectivity index (χ0n) is 13.2. The summed E-state index contributed by atoms with van der Waals surface area (Å²) in [6, 6.07) is 11.8. The predicted octanol–water partition coefficient (Wildman–Crippen LogP) is 1.55. The van der Waals surface area contributed by atoms with Crippen LogP contribution in [0.4, 0.5) is 0 Å². The van der Waals surface area contributed by atoms with Crippen LogP contribution in [0.25, 0.3) is 0 Å². The first-order valence-electron chi connectivity index (χ1n) is 7.68. The molecule has 5 heteroatoms. The van der Waals surface area contributed by atoms with E-state index < -0.39 is 12.1 Å². The molecule has 1 aliphatic rings. The van der Waals surface area contributed by atoms with Gasteiger partial charge in [-0.15, -0.1) is 0 Å². The van der Waals surface area contributed by atoms with E-state index in [1.165, 1.54) is 5.56 Å². The fraction of sp³-hybridized carbons (Fsp3) is 0.529. The van der Waals surface area contributed by atoms with Gasteiger partial charge in [-0.1, -0.05) is 44.2 Å². The van der Waals surface area contributed by atoms with Crippen LogP contribution in [0.2, 0.25) is 0 Å². The minimum Gasteiger partial charge on any atom is -0.366 e. The van der Waals surface area contributed by atoms with Crippen LogP contribution >= 0.6 is 0 Å². The van der Waals surface area contributed by atoms with Gasteiger partial charge in [0, 0.05) is 19.6 Å². The number of nitriles is 1. The normalized spacial score (nSPS) is 20.4. The Morgan fingerprint density at radius 2 is 2.18 bits per heavy atom. The van der Waals surface area contributed by atoms with Gasteiger partial charge in [0.1, 0.15) is 12.1 Å². The van der Waals surface area contributed by atoms with Crippen molar-refractivity contribution in [1.82, 2.24) is 10.2 Å². The SMILES string of the molecule is CC(C)[C@H](C#N)NC(=O)[C@H]1CN(Cc2ccccc2)CCO1. The van der Waals surface area contributed by atoms with Crippen molar-refractivity contribution in [2.24, 2.45) is 5.92 Å². The summed E-state index contributed by atoms with van der Waals surface area (Å²) in [4.78, 5) is 14.5. The fourth-order valence-electron chi connectivity index (χ4n) is 2.44. The predicted molar refractivity (Wildman–Crippen MR) is 83.8 cm³/mol. The van der Waals surface area contributed by atoms with E-state index in [-0.39, 0.29) is 11.8 Å². The second-order valence-electron chi connectivity index (χ2n) is 5.94. The van der Waals surface area contributed by atoms with Crippen LogP contribution in [-0.4, -0.2) is 42.6 Å². The van der Waals surface area contributed by atoms with Gasteiger partial charge in [-0.25, -0.2) is 0 Å². The lowest BCUT2D eigenvalue weighted by molar-refractivity contribution is -0.139.